The van der Waals surface area contributed by atoms with E-state index in [1.165, 1.54) is 23.5 Å². The summed E-state index contributed by atoms with van der Waals surface area (Å²) in [7, 11) is 0. The van der Waals surface area contributed by atoms with Crippen LogP contribution in [0.5, 0.6) is 11.5 Å². The van der Waals surface area contributed by atoms with Crippen LogP contribution in [0.2, 0.25) is 9.49 Å². The lowest BCUT2D eigenvalue weighted by Gasteiger charge is -2.11. The molecule has 134 valence electrons. The number of non-ortho nitro benzene ring substituents is 1. The summed E-state index contributed by atoms with van der Waals surface area (Å²) in [5.41, 5.74) is 1.32. The maximum absolute atomic E-state index is 11.2. The lowest BCUT2D eigenvalue weighted by molar-refractivity contribution is -0.384. The largest absolute Gasteiger partial charge is 0.457 e. The van der Waals surface area contributed by atoms with Gasteiger partial charge in [-0.05, 0) is 30.7 Å². The van der Waals surface area contributed by atoms with Crippen LogP contribution in [0.3, 0.4) is 0 Å². The Morgan fingerprint density at radius 2 is 2.08 bits per heavy atom. The Balaban J connectivity index is 1.84. The summed E-state index contributed by atoms with van der Waals surface area (Å²) in [5.74, 6) is 0.935. The zero-order valence-corrected chi connectivity index (χ0v) is 15.9. The number of halogens is 2. The lowest BCUT2D eigenvalue weighted by atomic mass is 10.2. The Kier molecular flexibility index (Phi) is 5.61. The van der Waals surface area contributed by atoms with Gasteiger partial charge < -0.3 is 10.1 Å². The molecule has 0 saturated carbocycles. The molecule has 9 heteroatoms. The van der Waals surface area contributed by atoms with E-state index in [1.54, 1.807) is 30.5 Å². The van der Waals surface area contributed by atoms with Gasteiger partial charge in [-0.15, -0.1) is 11.3 Å². The van der Waals surface area contributed by atoms with Crippen molar-refractivity contribution in [1.29, 1.82) is 0 Å². The van der Waals surface area contributed by atoms with Crippen molar-refractivity contribution in [2.75, 3.05) is 5.32 Å². The minimum absolute atomic E-state index is 0.0704. The van der Waals surface area contributed by atoms with E-state index >= 15 is 0 Å². The van der Waals surface area contributed by atoms with Gasteiger partial charge in [-0.2, -0.15) is 0 Å². The van der Waals surface area contributed by atoms with Crippen LogP contribution in [-0.2, 0) is 6.54 Å². The quantitative estimate of drug-likeness (QED) is 0.394. The number of thiazole rings is 1. The van der Waals surface area contributed by atoms with Crippen molar-refractivity contribution in [3.8, 4) is 11.5 Å². The molecule has 3 rings (SSSR count). The van der Waals surface area contributed by atoms with Gasteiger partial charge in [0.2, 0.25) is 0 Å². The van der Waals surface area contributed by atoms with Crippen molar-refractivity contribution in [3.05, 3.63) is 72.6 Å². The Hall–Kier alpha value is -2.35. The fourth-order valence-corrected chi connectivity index (χ4v) is 3.40. The number of nitrogens with one attached hydrogen (secondary N) is 1. The molecule has 1 N–H and O–H groups in total. The number of ether oxygens (including phenoxy) is 1. The Morgan fingerprint density at radius 3 is 2.73 bits per heavy atom. The maximum atomic E-state index is 11.2. The lowest BCUT2D eigenvalue weighted by Crippen LogP contribution is -1.99. The summed E-state index contributed by atoms with van der Waals surface area (Å²) in [6, 6.07) is 9.72. The summed E-state index contributed by atoms with van der Waals surface area (Å²) in [5, 5.41) is 14.9. The minimum Gasteiger partial charge on any atom is -0.457 e. The highest BCUT2D eigenvalue weighted by atomic mass is 35.5. The molecule has 3 aromatic rings. The van der Waals surface area contributed by atoms with E-state index in [0.29, 0.717) is 33.2 Å². The SMILES string of the molecule is Cc1cc(Cl)ccc1Oc1cc(NCc2cnc(Cl)s2)cc([N+](=O)[O-])c1. The van der Waals surface area contributed by atoms with Crippen LogP contribution in [0.25, 0.3) is 0 Å². The van der Waals surface area contributed by atoms with E-state index in [4.69, 9.17) is 27.9 Å². The molecule has 26 heavy (non-hydrogen) atoms. The molecular weight excluding hydrogens is 397 g/mol. The van der Waals surface area contributed by atoms with Crippen molar-refractivity contribution in [2.24, 2.45) is 0 Å². The van der Waals surface area contributed by atoms with Crippen molar-refractivity contribution < 1.29 is 9.66 Å². The third-order valence-corrected chi connectivity index (χ3v) is 4.81. The molecule has 2 aromatic carbocycles. The fourth-order valence-electron chi connectivity index (χ4n) is 2.26. The summed E-state index contributed by atoms with van der Waals surface area (Å²) >= 11 is 13.1. The highest BCUT2D eigenvalue weighted by Gasteiger charge is 2.13. The monoisotopic (exact) mass is 409 g/mol. The molecule has 0 bridgehead atoms. The van der Waals surface area contributed by atoms with Gasteiger partial charge in [-0.25, -0.2) is 4.98 Å². The first-order valence-electron chi connectivity index (χ1n) is 7.48. The molecule has 0 saturated heterocycles. The van der Waals surface area contributed by atoms with E-state index in [1.807, 2.05) is 6.92 Å². The van der Waals surface area contributed by atoms with E-state index < -0.39 is 4.92 Å². The molecule has 1 aromatic heterocycles. The number of anilines is 1. The summed E-state index contributed by atoms with van der Waals surface area (Å²) in [4.78, 5) is 15.6. The molecule has 1 heterocycles. The molecule has 0 amide bonds. The van der Waals surface area contributed by atoms with E-state index in [9.17, 15) is 10.1 Å². The van der Waals surface area contributed by atoms with Crippen molar-refractivity contribution >= 4 is 45.9 Å². The molecule has 0 aliphatic carbocycles. The van der Waals surface area contributed by atoms with E-state index in [2.05, 4.69) is 10.3 Å². The van der Waals surface area contributed by atoms with Gasteiger partial charge in [0.1, 0.15) is 11.5 Å². The number of rotatable bonds is 6. The number of benzene rings is 2. The second kappa shape index (κ2) is 7.90. The molecule has 0 unspecified atom stereocenters. The third kappa shape index (κ3) is 4.63. The number of nitro groups is 1. The summed E-state index contributed by atoms with van der Waals surface area (Å²) in [6.07, 6.45) is 1.66. The van der Waals surface area contributed by atoms with Gasteiger partial charge in [-0.3, -0.25) is 10.1 Å². The van der Waals surface area contributed by atoms with Gasteiger partial charge in [-0.1, -0.05) is 23.2 Å². The van der Waals surface area contributed by atoms with Crippen LogP contribution in [0, 0.1) is 17.0 Å². The summed E-state index contributed by atoms with van der Waals surface area (Å²) in [6.45, 7) is 2.30. The average Bonchev–Trinajstić information content (AvgIpc) is 3.01. The minimum atomic E-state index is -0.462. The molecule has 0 atom stereocenters. The predicted octanol–water partition coefficient (Wildman–Crippen LogP) is 6.07. The molecule has 0 aliphatic rings. The first kappa shape index (κ1) is 18.4. The van der Waals surface area contributed by atoms with E-state index in [0.717, 1.165) is 10.4 Å². The van der Waals surface area contributed by atoms with Gasteiger partial charge in [0.15, 0.2) is 4.47 Å². The zero-order chi connectivity index (χ0) is 18.7. The number of aryl methyl sites for hydroxylation is 1. The first-order chi connectivity index (χ1) is 12.4. The fraction of sp³-hybridized carbons (Fsp3) is 0.118. The number of nitro benzene ring substituents is 1. The number of hydrogen-bond acceptors (Lipinski definition) is 6. The predicted molar refractivity (Wildman–Crippen MR) is 104 cm³/mol. The van der Waals surface area contributed by atoms with Gasteiger partial charge in [0.25, 0.3) is 5.69 Å². The third-order valence-electron chi connectivity index (χ3n) is 3.46. The standard InChI is InChI=1S/C17H13Cl2N3O3S/c1-10-4-11(18)2-3-16(10)25-14-6-12(5-13(7-14)22(23)24)20-8-15-9-21-17(19)26-15/h2-7,9,20H,8H2,1H3. The normalized spacial score (nSPS) is 10.6. The number of nitrogens with zero attached hydrogens (tertiary/aromatic N) is 2. The summed E-state index contributed by atoms with van der Waals surface area (Å²) < 4.78 is 6.27. The maximum Gasteiger partial charge on any atom is 0.275 e. The first-order valence-corrected chi connectivity index (χ1v) is 9.05. The molecule has 0 spiro atoms. The topological polar surface area (TPSA) is 77.3 Å². The Morgan fingerprint density at radius 1 is 1.27 bits per heavy atom. The van der Waals surface area contributed by atoms with Crippen LogP contribution in [0.1, 0.15) is 10.4 Å². The molecule has 0 fully saturated rings. The second-order valence-electron chi connectivity index (χ2n) is 5.42. The van der Waals surface area contributed by atoms with Crippen molar-refractivity contribution in [3.63, 3.8) is 0 Å². The smallest absolute Gasteiger partial charge is 0.275 e. The Labute approximate surface area is 163 Å². The molecule has 6 nitrogen and oxygen atoms in total. The van der Waals surface area contributed by atoms with Gasteiger partial charge >= 0.3 is 0 Å². The molecule has 0 radical (unpaired) electrons. The van der Waals surface area contributed by atoms with Crippen LogP contribution in [-0.4, -0.2) is 9.91 Å². The van der Waals surface area contributed by atoms with Crippen LogP contribution in [0.15, 0.2) is 42.6 Å². The van der Waals surface area contributed by atoms with Gasteiger partial charge in [0, 0.05) is 33.9 Å². The zero-order valence-electron chi connectivity index (χ0n) is 13.5. The van der Waals surface area contributed by atoms with Crippen molar-refractivity contribution in [2.45, 2.75) is 13.5 Å². The van der Waals surface area contributed by atoms with Gasteiger partial charge in [0.05, 0.1) is 17.5 Å². The van der Waals surface area contributed by atoms with E-state index in [-0.39, 0.29) is 5.69 Å². The number of aromatic nitrogens is 1. The Bertz CT molecular complexity index is 962. The van der Waals surface area contributed by atoms with Crippen LogP contribution in [0.4, 0.5) is 11.4 Å². The van der Waals surface area contributed by atoms with Crippen LogP contribution < -0.4 is 10.1 Å². The molecular formula is C17H13Cl2N3O3S. The average molecular weight is 410 g/mol. The number of hydrogen-bond donors (Lipinski definition) is 1. The molecule has 0 aliphatic heterocycles. The highest BCUT2D eigenvalue weighted by Crippen LogP contribution is 2.32. The second-order valence-corrected chi connectivity index (χ2v) is 7.55. The highest BCUT2D eigenvalue weighted by molar-refractivity contribution is 7.15. The van der Waals surface area contributed by atoms with Crippen LogP contribution >= 0.6 is 34.5 Å². The van der Waals surface area contributed by atoms with Crippen molar-refractivity contribution in [1.82, 2.24) is 4.98 Å².